The molecule has 1 aromatic rings. The zero-order chi connectivity index (χ0) is 8.10. The van der Waals surface area contributed by atoms with Crippen LogP contribution in [-0.2, 0) is 0 Å². The lowest BCUT2D eigenvalue weighted by Crippen LogP contribution is -2.09. The first-order valence-corrected chi connectivity index (χ1v) is 3.49. The highest BCUT2D eigenvalue weighted by Crippen LogP contribution is 2.08. The third kappa shape index (κ3) is 2.25. The first-order chi connectivity index (χ1) is 5.34. The smallest absolute Gasteiger partial charge is 0.156 e. The van der Waals surface area contributed by atoms with Gasteiger partial charge in [0.1, 0.15) is 6.10 Å². The van der Waals surface area contributed by atoms with Crippen molar-refractivity contribution in [2.24, 2.45) is 5.73 Å². The lowest BCUT2D eigenvalue weighted by atomic mass is 10.2. The lowest BCUT2D eigenvalue weighted by molar-refractivity contribution is 0.160. The van der Waals surface area contributed by atoms with Crippen LogP contribution in [-0.4, -0.2) is 21.6 Å². The molecule has 3 N–H and O–H groups in total. The van der Waals surface area contributed by atoms with E-state index >= 15 is 0 Å². The monoisotopic (exact) mass is 153 g/mol. The summed E-state index contributed by atoms with van der Waals surface area (Å²) in [6, 6.07) is 1.71. The first kappa shape index (κ1) is 8.10. The molecule has 0 amide bonds. The molecule has 1 heterocycles. The summed E-state index contributed by atoms with van der Waals surface area (Å²) in [5, 5.41) is 9.32. The van der Waals surface area contributed by atoms with E-state index in [0.717, 1.165) is 0 Å². The van der Waals surface area contributed by atoms with Gasteiger partial charge in [0.25, 0.3) is 0 Å². The van der Waals surface area contributed by atoms with Gasteiger partial charge in [0.2, 0.25) is 0 Å². The molecule has 0 fully saturated rings. The van der Waals surface area contributed by atoms with E-state index < -0.39 is 6.10 Å². The Morgan fingerprint density at radius 3 is 2.64 bits per heavy atom. The van der Waals surface area contributed by atoms with Gasteiger partial charge in [-0.05, 0) is 19.0 Å². The maximum absolute atomic E-state index is 9.32. The molecule has 0 unspecified atom stereocenters. The number of aliphatic hydroxyl groups excluding tert-OH is 1. The molecule has 4 heteroatoms. The highest BCUT2D eigenvalue weighted by Gasteiger charge is 2.07. The molecule has 1 rings (SSSR count). The van der Waals surface area contributed by atoms with Crippen LogP contribution in [0.5, 0.6) is 0 Å². The van der Waals surface area contributed by atoms with Crippen LogP contribution >= 0.6 is 0 Å². The van der Waals surface area contributed by atoms with Crippen molar-refractivity contribution in [1.29, 1.82) is 0 Å². The van der Waals surface area contributed by atoms with Gasteiger partial charge in [-0.25, -0.2) is 9.97 Å². The van der Waals surface area contributed by atoms with Crippen LogP contribution in [0.4, 0.5) is 0 Å². The van der Waals surface area contributed by atoms with Gasteiger partial charge in [-0.1, -0.05) is 0 Å². The van der Waals surface area contributed by atoms with E-state index in [9.17, 15) is 5.11 Å². The Morgan fingerprint density at radius 2 is 2.09 bits per heavy atom. The normalized spacial score (nSPS) is 12.9. The molecule has 0 spiro atoms. The van der Waals surface area contributed by atoms with Gasteiger partial charge in [0.05, 0.1) is 0 Å². The van der Waals surface area contributed by atoms with Crippen LogP contribution < -0.4 is 5.73 Å². The molecule has 0 saturated carbocycles. The number of nitrogens with zero attached hydrogens (tertiary/aromatic N) is 2. The van der Waals surface area contributed by atoms with Gasteiger partial charge in [-0.3, -0.25) is 0 Å². The molecule has 0 aliphatic carbocycles. The average Bonchev–Trinajstić information content (AvgIpc) is 2.07. The standard InChI is InChI=1S/C7H11N3O/c8-3-2-6(11)7-9-4-1-5-10-7/h1,4-6,11H,2-3,8H2/t6-/m0/s1. The second kappa shape index (κ2) is 4.00. The Bertz CT molecular complexity index is 202. The number of hydrogen-bond acceptors (Lipinski definition) is 4. The summed E-state index contributed by atoms with van der Waals surface area (Å²) in [5.74, 6) is 0.443. The SMILES string of the molecule is NCC[C@H](O)c1ncccn1. The zero-order valence-corrected chi connectivity index (χ0v) is 6.14. The third-order valence-corrected chi connectivity index (χ3v) is 1.32. The second-order valence-electron chi connectivity index (χ2n) is 2.20. The quantitative estimate of drug-likeness (QED) is 0.634. The Morgan fingerprint density at radius 1 is 1.45 bits per heavy atom. The van der Waals surface area contributed by atoms with Crippen molar-refractivity contribution in [3.63, 3.8) is 0 Å². The van der Waals surface area contributed by atoms with Crippen LogP contribution in [0.3, 0.4) is 0 Å². The number of aliphatic hydroxyl groups is 1. The van der Waals surface area contributed by atoms with Crippen molar-refractivity contribution < 1.29 is 5.11 Å². The minimum atomic E-state index is -0.624. The molecule has 0 aliphatic heterocycles. The Kier molecular flexibility index (Phi) is 2.95. The molecular formula is C7H11N3O. The van der Waals surface area contributed by atoms with Gasteiger partial charge < -0.3 is 10.8 Å². The van der Waals surface area contributed by atoms with E-state index in [2.05, 4.69) is 9.97 Å². The summed E-state index contributed by atoms with van der Waals surface area (Å²) >= 11 is 0. The van der Waals surface area contributed by atoms with Gasteiger partial charge in [0, 0.05) is 12.4 Å². The van der Waals surface area contributed by atoms with Crippen molar-refractivity contribution in [2.45, 2.75) is 12.5 Å². The number of nitrogens with two attached hydrogens (primary N) is 1. The molecule has 1 aromatic heterocycles. The van der Waals surface area contributed by atoms with E-state index in [0.29, 0.717) is 18.8 Å². The van der Waals surface area contributed by atoms with Crippen LogP contribution in [0.15, 0.2) is 18.5 Å². The first-order valence-electron chi connectivity index (χ1n) is 3.49. The number of rotatable bonds is 3. The lowest BCUT2D eigenvalue weighted by Gasteiger charge is -2.05. The molecule has 0 aromatic carbocycles. The minimum absolute atomic E-state index is 0.443. The Labute approximate surface area is 65.1 Å². The van der Waals surface area contributed by atoms with E-state index in [1.54, 1.807) is 18.5 Å². The molecule has 0 bridgehead atoms. The molecule has 4 nitrogen and oxygen atoms in total. The predicted molar refractivity (Wildman–Crippen MR) is 40.7 cm³/mol. The summed E-state index contributed by atoms with van der Waals surface area (Å²) in [6.45, 7) is 0.444. The molecular weight excluding hydrogens is 142 g/mol. The van der Waals surface area contributed by atoms with E-state index in [-0.39, 0.29) is 0 Å². The molecule has 0 saturated heterocycles. The molecule has 1 atom stereocenters. The zero-order valence-electron chi connectivity index (χ0n) is 6.14. The Hall–Kier alpha value is -1.00. The second-order valence-corrected chi connectivity index (χ2v) is 2.20. The maximum atomic E-state index is 9.32. The summed E-state index contributed by atoms with van der Waals surface area (Å²) in [5.41, 5.74) is 5.25. The highest BCUT2D eigenvalue weighted by atomic mass is 16.3. The van der Waals surface area contributed by atoms with Crippen molar-refractivity contribution in [3.8, 4) is 0 Å². The summed E-state index contributed by atoms with van der Waals surface area (Å²) < 4.78 is 0. The van der Waals surface area contributed by atoms with Gasteiger partial charge in [-0.2, -0.15) is 0 Å². The van der Waals surface area contributed by atoms with Crippen molar-refractivity contribution in [2.75, 3.05) is 6.54 Å². The third-order valence-electron chi connectivity index (χ3n) is 1.32. The fraction of sp³-hybridized carbons (Fsp3) is 0.429. The van der Waals surface area contributed by atoms with Crippen LogP contribution in [0, 0.1) is 0 Å². The maximum Gasteiger partial charge on any atom is 0.156 e. The van der Waals surface area contributed by atoms with Crippen molar-refractivity contribution >= 4 is 0 Å². The topological polar surface area (TPSA) is 72.0 Å². The Balaban J connectivity index is 2.61. The largest absolute Gasteiger partial charge is 0.385 e. The van der Waals surface area contributed by atoms with Crippen LogP contribution in [0.2, 0.25) is 0 Å². The summed E-state index contributed by atoms with van der Waals surface area (Å²) in [4.78, 5) is 7.76. The van der Waals surface area contributed by atoms with E-state index in [1.807, 2.05) is 0 Å². The van der Waals surface area contributed by atoms with Crippen molar-refractivity contribution in [1.82, 2.24) is 9.97 Å². The summed E-state index contributed by atoms with van der Waals surface area (Å²) in [7, 11) is 0. The highest BCUT2D eigenvalue weighted by molar-refractivity contribution is 4.92. The van der Waals surface area contributed by atoms with Crippen LogP contribution in [0.1, 0.15) is 18.3 Å². The predicted octanol–water partition coefficient (Wildman–Crippen LogP) is -0.141. The number of aromatic nitrogens is 2. The van der Waals surface area contributed by atoms with Crippen molar-refractivity contribution in [3.05, 3.63) is 24.3 Å². The molecule has 0 radical (unpaired) electrons. The van der Waals surface area contributed by atoms with E-state index in [1.165, 1.54) is 0 Å². The van der Waals surface area contributed by atoms with Gasteiger partial charge in [0.15, 0.2) is 5.82 Å². The fourth-order valence-corrected chi connectivity index (χ4v) is 0.770. The molecule has 11 heavy (non-hydrogen) atoms. The molecule has 0 aliphatic rings. The molecule has 60 valence electrons. The van der Waals surface area contributed by atoms with Crippen LogP contribution in [0.25, 0.3) is 0 Å². The van der Waals surface area contributed by atoms with Gasteiger partial charge in [-0.15, -0.1) is 0 Å². The minimum Gasteiger partial charge on any atom is -0.385 e. The average molecular weight is 153 g/mol. The fourth-order valence-electron chi connectivity index (χ4n) is 0.770. The number of hydrogen-bond donors (Lipinski definition) is 2. The van der Waals surface area contributed by atoms with E-state index in [4.69, 9.17) is 5.73 Å². The van der Waals surface area contributed by atoms with Gasteiger partial charge >= 0.3 is 0 Å². The summed E-state index contributed by atoms with van der Waals surface area (Å²) in [6.07, 6.45) is 3.08.